The van der Waals surface area contributed by atoms with E-state index in [4.69, 9.17) is 9.47 Å². The molecule has 77 heavy (non-hydrogen) atoms. The summed E-state index contributed by atoms with van der Waals surface area (Å²) >= 11 is 0. The highest BCUT2D eigenvalue weighted by Crippen LogP contribution is 2.67. The van der Waals surface area contributed by atoms with Crippen molar-refractivity contribution in [3.63, 3.8) is 0 Å². The van der Waals surface area contributed by atoms with Crippen molar-refractivity contribution in [3.05, 3.63) is 330 Å². The Morgan fingerprint density at radius 1 is 0.260 bits per heavy atom. The number of fused-ring (bicyclic) bond motifs is 16. The maximum absolute atomic E-state index is 7.67. The number of rotatable bonds is 7. The van der Waals surface area contributed by atoms with Crippen LogP contribution in [0, 0.1) is 0 Å². The molecule has 0 unspecified atom stereocenters. The summed E-state index contributed by atoms with van der Waals surface area (Å²) in [7, 11) is 0. The van der Waals surface area contributed by atoms with Crippen molar-refractivity contribution in [1.29, 1.82) is 0 Å². The first-order valence-electron chi connectivity index (χ1n) is 26.6. The SMILES string of the molecule is c1ccc(-c2ccc3c(c2)C(c2ccccc2)(c2ccccc2)c2cc(N(c4ccccc4-c4ccccc4)c4cccc5c4Oc4c(ccc6c4-c4ccccc4C64c6ccccc6-c6ccccc64)O5)ccc2-3)cc1. The Bertz CT molecular complexity index is 4250. The van der Waals surface area contributed by atoms with Crippen LogP contribution < -0.4 is 14.4 Å². The van der Waals surface area contributed by atoms with E-state index in [1.54, 1.807) is 0 Å². The van der Waals surface area contributed by atoms with E-state index in [1.807, 2.05) is 6.07 Å². The average Bonchev–Trinajstić information content (AvgIpc) is 4.15. The van der Waals surface area contributed by atoms with Crippen molar-refractivity contribution >= 4 is 17.1 Å². The van der Waals surface area contributed by atoms with Crippen molar-refractivity contribution in [1.82, 2.24) is 0 Å². The molecule has 0 aromatic heterocycles. The third kappa shape index (κ3) is 6.08. The maximum atomic E-state index is 7.67. The van der Waals surface area contributed by atoms with Gasteiger partial charge in [-0.05, 0) is 131 Å². The summed E-state index contributed by atoms with van der Waals surface area (Å²) in [6, 6.07) is 104. The zero-order valence-electron chi connectivity index (χ0n) is 41.9. The molecule has 0 bridgehead atoms. The third-order valence-electron chi connectivity index (χ3n) is 16.8. The summed E-state index contributed by atoms with van der Waals surface area (Å²) in [6.07, 6.45) is 0. The van der Waals surface area contributed by atoms with Gasteiger partial charge in [0, 0.05) is 16.8 Å². The van der Waals surface area contributed by atoms with Crippen molar-refractivity contribution in [2.45, 2.75) is 10.8 Å². The van der Waals surface area contributed by atoms with Crippen LogP contribution in [0.2, 0.25) is 0 Å². The molecular weight excluding hydrogens is 935 g/mol. The van der Waals surface area contributed by atoms with Gasteiger partial charge in [0.05, 0.1) is 22.2 Å². The Labute approximate surface area is 448 Å². The van der Waals surface area contributed by atoms with Crippen LogP contribution in [0.25, 0.3) is 55.6 Å². The number of anilines is 3. The van der Waals surface area contributed by atoms with Gasteiger partial charge in [0.2, 0.25) is 0 Å². The van der Waals surface area contributed by atoms with Gasteiger partial charge in [-0.3, -0.25) is 0 Å². The van der Waals surface area contributed by atoms with E-state index in [9.17, 15) is 0 Å². The van der Waals surface area contributed by atoms with Crippen molar-refractivity contribution in [2.24, 2.45) is 0 Å². The molecule has 0 amide bonds. The summed E-state index contributed by atoms with van der Waals surface area (Å²) in [5, 5.41) is 0. The number of benzene rings is 12. The molecule has 0 radical (unpaired) electrons. The normalized spacial score (nSPS) is 13.9. The summed E-state index contributed by atoms with van der Waals surface area (Å²) in [5.41, 5.74) is 23.3. The fourth-order valence-corrected chi connectivity index (χ4v) is 13.8. The Balaban J connectivity index is 0.938. The molecule has 0 saturated heterocycles. The summed E-state index contributed by atoms with van der Waals surface area (Å²) in [5.74, 6) is 2.71. The minimum absolute atomic E-state index is 0.536. The molecule has 1 heterocycles. The molecule has 16 rings (SSSR count). The van der Waals surface area contributed by atoms with Crippen LogP contribution >= 0.6 is 0 Å². The zero-order chi connectivity index (χ0) is 50.7. The molecule has 0 N–H and O–H groups in total. The monoisotopic (exact) mass is 981 g/mol. The Morgan fingerprint density at radius 3 is 1.42 bits per heavy atom. The minimum Gasteiger partial charge on any atom is -0.449 e. The highest BCUT2D eigenvalue weighted by Gasteiger charge is 2.53. The lowest BCUT2D eigenvalue weighted by Crippen LogP contribution is -2.29. The van der Waals surface area contributed by atoms with Gasteiger partial charge in [-0.25, -0.2) is 0 Å². The van der Waals surface area contributed by atoms with E-state index in [2.05, 4.69) is 284 Å². The van der Waals surface area contributed by atoms with Gasteiger partial charge < -0.3 is 14.4 Å². The zero-order valence-corrected chi connectivity index (χ0v) is 41.9. The molecule has 4 aliphatic rings. The molecule has 1 spiro atoms. The molecular formula is C74H47NO2. The second-order valence-corrected chi connectivity index (χ2v) is 20.6. The Hall–Kier alpha value is -9.96. The molecule has 3 heteroatoms. The minimum atomic E-state index is -0.672. The number of ether oxygens (including phenoxy) is 2. The van der Waals surface area contributed by atoms with Gasteiger partial charge in [-0.15, -0.1) is 0 Å². The van der Waals surface area contributed by atoms with Crippen LogP contribution in [0.3, 0.4) is 0 Å². The third-order valence-corrected chi connectivity index (χ3v) is 16.8. The first-order valence-corrected chi connectivity index (χ1v) is 26.6. The van der Waals surface area contributed by atoms with Gasteiger partial charge >= 0.3 is 0 Å². The lowest BCUT2D eigenvalue weighted by molar-refractivity contribution is 0.361. The molecule has 0 atom stereocenters. The van der Waals surface area contributed by atoms with Gasteiger partial charge in [-0.2, -0.15) is 0 Å². The van der Waals surface area contributed by atoms with E-state index >= 15 is 0 Å². The Kier molecular flexibility index (Phi) is 9.47. The molecule has 0 fully saturated rings. The predicted molar refractivity (Wildman–Crippen MR) is 312 cm³/mol. The van der Waals surface area contributed by atoms with E-state index in [1.165, 1.54) is 77.9 Å². The van der Waals surface area contributed by atoms with E-state index in [-0.39, 0.29) is 0 Å². The number of nitrogens with zero attached hydrogens (tertiary/aromatic N) is 1. The second-order valence-electron chi connectivity index (χ2n) is 20.6. The van der Waals surface area contributed by atoms with Crippen molar-refractivity contribution in [3.8, 4) is 78.6 Å². The second kappa shape index (κ2) is 16.8. The number of para-hydroxylation sites is 2. The molecule has 0 saturated carbocycles. The molecule has 3 nitrogen and oxygen atoms in total. The van der Waals surface area contributed by atoms with Crippen LogP contribution in [0.15, 0.2) is 285 Å². The molecule has 360 valence electrons. The van der Waals surface area contributed by atoms with Gasteiger partial charge in [0.1, 0.15) is 0 Å². The van der Waals surface area contributed by atoms with Crippen LogP contribution in [-0.2, 0) is 10.8 Å². The molecule has 1 aliphatic heterocycles. The first-order chi connectivity index (χ1) is 38.2. The van der Waals surface area contributed by atoms with Crippen LogP contribution in [0.5, 0.6) is 23.0 Å². The first kappa shape index (κ1) is 43.4. The smallest absolute Gasteiger partial charge is 0.194 e. The summed E-state index contributed by atoms with van der Waals surface area (Å²) in [6.45, 7) is 0. The largest absolute Gasteiger partial charge is 0.449 e. The maximum Gasteiger partial charge on any atom is 0.194 e. The lowest BCUT2D eigenvalue weighted by Gasteiger charge is -2.36. The van der Waals surface area contributed by atoms with Crippen molar-refractivity contribution < 1.29 is 9.47 Å². The summed E-state index contributed by atoms with van der Waals surface area (Å²) in [4.78, 5) is 2.40. The van der Waals surface area contributed by atoms with Crippen LogP contribution in [0.4, 0.5) is 17.1 Å². The van der Waals surface area contributed by atoms with E-state index < -0.39 is 10.8 Å². The molecule has 12 aromatic rings. The van der Waals surface area contributed by atoms with Crippen LogP contribution in [0.1, 0.15) is 44.5 Å². The van der Waals surface area contributed by atoms with Gasteiger partial charge in [0.15, 0.2) is 23.0 Å². The fraction of sp³-hybridized carbons (Fsp3) is 0.0270. The quantitative estimate of drug-likeness (QED) is 0.159. The Morgan fingerprint density at radius 2 is 0.753 bits per heavy atom. The fourth-order valence-electron chi connectivity index (χ4n) is 13.8. The molecule has 12 aromatic carbocycles. The molecule has 3 aliphatic carbocycles. The van der Waals surface area contributed by atoms with E-state index in [0.717, 1.165) is 45.1 Å². The topological polar surface area (TPSA) is 21.7 Å². The lowest BCUT2D eigenvalue weighted by atomic mass is 9.67. The highest BCUT2D eigenvalue weighted by molar-refractivity contribution is 5.99. The predicted octanol–water partition coefficient (Wildman–Crippen LogP) is 19.1. The van der Waals surface area contributed by atoms with Gasteiger partial charge in [0.25, 0.3) is 0 Å². The van der Waals surface area contributed by atoms with Crippen LogP contribution in [-0.4, -0.2) is 0 Å². The number of hydrogen-bond donors (Lipinski definition) is 0. The van der Waals surface area contributed by atoms with Gasteiger partial charge in [-0.1, -0.05) is 243 Å². The van der Waals surface area contributed by atoms with E-state index in [0.29, 0.717) is 17.2 Å². The highest BCUT2D eigenvalue weighted by atomic mass is 16.6. The summed E-state index contributed by atoms with van der Waals surface area (Å²) < 4.78 is 14.8. The van der Waals surface area contributed by atoms with Crippen molar-refractivity contribution in [2.75, 3.05) is 4.90 Å². The number of hydrogen-bond acceptors (Lipinski definition) is 3. The standard InChI is InChI=1S/C74H47NO2/c1-5-22-48(23-6-1)50-40-42-57-58-43-41-53(47-65(58)73(64(57)46-50,51-26-9-3-10-27-51)52-28-11-4-12-29-52)75(66-37-20-16-30-54(66)49-24-7-2-8-25-49)67-38-21-39-68-71(67)77-72-69(76-68)45-44-63-70(72)59-33-15-19-36-62(59)74(63)60-34-17-13-31-55(60)56-32-14-18-35-61(56)74/h1-47H. The average molecular weight is 982 g/mol.